The third kappa shape index (κ3) is 3.14. The number of hydrogen-bond donors (Lipinski definition) is 0. The summed E-state index contributed by atoms with van der Waals surface area (Å²) >= 11 is 1.72. The number of aromatic nitrogens is 5. The fourth-order valence-electron chi connectivity index (χ4n) is 3.02. The van der Waals surface area contributed by atoms with Gasteiger partial charge in [-0.25, -0.2) is 9.50 Å². The summed E-state index contributed by atoms with van der Waals surface area (Å²) in [5.41, 5.74) is 3.16. The number of nitrogens with zero attached hydrogens (tertiary/aromatic N) is 5. The van der Waals surface area contributed by atoms with Crippen LogP contribution in [0.4, 0.5) is 0 Å². The van der Waals surface area contributed by atoms with Crippen molar-refractivity contribution in [2.24, 2.45) is 0 Å². The van der Waals surface area contributed by atoms with E-state index in [4.69, 9.17) is 4.74 Å². The Labute approximate surface area is 144 Å². The van der Waals surface area contributed by atoms with Crippen LogP contribution < -0.4 is 0 Å². The average molecular weight is 341 g/mol. The Kier molecular flexibility index (Phi) is 4.20. The van der Waals surface area contributed by atoms with Crippen molar-refractivity contribution >= 4 is 17.5 Å². The first kappa shape index (κ1) is 15.5. The first-order valence-electron chi connectivity index (χ1n) is 8.08. The van der Waals surface area contributed by atoms with E-state index in [9.17, 15) is 0 Å². The zero-order valence-corrected chi connectivity index (χ0v) is 14.5. The van der Waals surface area contributed by atoms with E-state index in [0.29, 0.717) is 11.0 Å². The van der Waals surface area contributed by atoms with Gasteiger partial charge in [-0.3, -0.25) is 4.98 Å². The highest BCUT2D eigenvalue weighted by molar-refractivity contribution is 7.99. The summed E-state index contributed by atoms with van der Waals surface area (Å²) in [6, 6.07) is 6.04. The highest BCUT2D eigenvalue weighted by Crippen LogP contribution is 2.36. The lowest BCUT2D eigenvalue weighted by molar-refractivity contribution is 0.0176. The molecule has 0 amide bonds. The molecule has 1 aliphatic heterocycles. The van der Waals surface area contributed by atoms with E-state index in [2.05, 4.69) is 26.1 Å². The summed E-state index contributed by atoms with van der Waals surface area (Å²) in [4.78, 5) is 13.2. The Balaban J connectivity index is 1.52. The molecule has 6 nitrogen and oxygen atoms in total. The molecule has 7 heteroatoms. The predicted octanol–water partition coefficient (Wildman–Crippen LogP) is 3.15. The Morgan fingerprint density at radius 3 is 3.04 bits per heavy atom. The third-order valence-electron chi connectivity index (χ3n) is 4.16. The number of aryl methyl sites for hydroxylation is 2. The van der Waals surface area contributed by atoms with Gasteiger partial charge in [-0.1, -0.05) is 17.8 Å². The summed E-state index contributed by atoms with van der Waals surface area (Å²) in [6.45, 7) is 4.75. The second kappa shape index (κ2) is 6.49. The Morgan fingerprint density at radius 1 is 1.29 bits per heavy atom. The normalized spacial score (nSPS) is 21.2. The van der Waals surface area contributed by atoms with Crippen molar-refractivity contribution in [1.82, 2.24) is 24.6 Å². The molecule has 24 heavy (non-hydrogen) atoms. The van der Waals surface area contributed by atoms with Gasteiger partial charge in [-0.05, 0) is 44.4 Å². The molecule has 4 rings (SSSR count). The molecule has 3 aromatic rings. The maximum absolute atomic E-state index is 5.91. The van der Waals surface area contributed by atoms with E-state index < -0.39 is 0 Å². The van der Waals surface area contributed by atoms with Gasteiger partial charge < -0.3 is 4.74 Å². The van der Waals surface area contributed by atoms with Crippen LogP contribution in [0.3, 0.4) is 0 Å². The molecule has 0 N–H and O–H groups in total. The van der Waals surface area contributed by atoms with Crippen molar-refractivity contribution in [3.8, 4) is 0 Å². The van der Waals surface area contributed by atoms with Gasteiger partial charge in [-0.15, -0.1) is 5.10 Å². The standard InChI is InChI=1S/C17H19N5OS/c1-11-8-12(2)22-16(19-11)20-17(21-22)24-14-5-7-23-15(9-14)13-4-3-6-18-10-13/h3-4,6,8,10,14-15H,5,7,9H2,1-2H3/t14-,15-/m1/s1. The highest BCUT2D eigenvalue weighted by Gasteiger charge is 2.26. The Hall–Kier alpha value is -1.99. The van der Waals surface area contributed by atoms with Crippen molar-refractivity contribution in [2.45, 2.75) is 43.2 Å². The minimum absolute atomic E-state index is 0.101. The fourth-order valence-corrected chi connectivity index (χ4v) is 4.07. The van der Waals surface area contributed by atoms with Crippen LogP contribution in [-0.4, -0.2) is 36.4 Å². The predicted molar refractivity (Wildman–Crippen MR) is 92.1 cm³/mol. The Bertz CT molecular complexity index is 851. The topological polar surface area (TPSA) is 65.2 Å². The van der Waals surface area contributed by atoms with Crippen molar-refractivity contribution < 1.29 is 4.74 Å². The van der Waals surface area contributed by atoms with Crippen LogP contribution in [0.15, 0.2) is 35.7 Å². The van der Waals surface area contributed by atoms with Crippen LogP contribution >= 0.6 is 11.8 Å². The number of pyridine rings is 1. The molecule has 1 aliphatic rings. The van der Waals surface area contributed by atoms with Gasteiger partial charge in [0.05, 0.1) is 6.10 Å². The molecule has 0 saturated carbocycles. The van der Waals surface area contributed by atoms with Crippen LogP contribution in [-0.2, 0) is 4.74 Å². The maximum atomic E-state index is 5.91. The molecule has 0 aliphatic carbocycles. The molecule has 124 valence electrons. The van der Waals surface area contributed by atoms with Gasteiger partial charge in [0, 0.05) is 35.6 Å². The van der Waals surface area contributed by atoms with Gasteiger partial charge in [0.1, 0.15) is 0 Å². The van der Waals surface area contributed by atoms with Crippen LogP contribution in [0.25, 0.3) is 5.78 Å². The molecular formula is C17H19N5OS. The first-order chi connectivity index (χ1) is 11.7. The van der Waals surface area contributed by atoms with Gasteiger partial charge in [0.2, 0.25) is 5.16 Å². The molecule has 4 heterocycles. The van der Waals surface area contributed by atoms with E-state index in [1.165, 1.54) is 0 Å². The van der Waals surface area contributed by atoms with Gasteiger partial charge in [-0.2, -0.15) is 4.98 Å². The van der Waals surface area contributed by atoms with Gasteiger partial charge in [0.15, 0.2) is 0 Å². The number of hydrogen-bond acceptors (Lipinski definition) is 6. The van der Waals surface area contributed by atoms with Crippen LogP contribution in [0.5, 0.6) is 0 Å². The van der Waals surface area contributed by atoms with E-state index in [1.807, 2.05) is 36.7 Å². The summed E-state index contributed by atoms with van der Waals surface area (Å²) < 4.78 is 7.73. The molecule has 0 aromatic carbocycles. The molecule has 0 unspecified atom stereocenters. The summed E-state index contributed by atoms with van der Waals surface area (Å²) in [6.07, 6.45) is 5.72. The first-order valence-corrected chi connectivity index (χ1v) is 8.96. The summed E-state index contributed by atoms with van der Waals surface area (Å²) in [5, 5.41) is 5.82. The summed E-state index contributed by atoms with van der Waals surface area (Å²) in [5.74, 6) is 0.672. The third-order valence-corrected chi connectivity index (χ3v) is 5.31. The number of fused-ring (bicyclic) bond motifs is 1. The van der Waals surface area contributed by atoms with Crippen molar-refractivity contribution in [3.05, 3.63) is 47.5 Å². The zero-order chi connectivity index (χ0) is 16.5. The second-order valence-corrected chi connectivity index (χ2v) is 7.32. The van der Waals surface area contributed by atoms with Crippen molar-refractivity contribution in [3.63, 3.8) is 0 Å². The van der Waals surface area contributed by atoms with E-state index in [0.717, 1.165) is 41.6 Å². The molecule has 0 spiro atoms. The minimum atomic E-state index is 0.101. The summed E-state index contributed by atoms with van der Waals surface area (Å²) in [7, 11) is 0. The molecule has 1 saturated heterocycles. The molecular weight excluding hydrogens is 322 g/mol. The maximum Gasteiger partial charge on any atom is 0.253 e. The lowest BCUT2D eigenvalue weighted by atomic mass is 10.0. The van der Waals surface area contributed by atoms with Crippen molar-refractivity contribution in [2.75, 3.05) is 6.61 Å². The largest absolute Gasteiger partial charge is 0.373 e. The highest BCUT2D eigenvalue weighted by atomic mass is 32.2. The quantitative estimate of drug-likeness (QED) is 0.729. The van der Waals surface area contributed by atoms with Crippen LogP contribution in [0, 0.1) is 13.8 Å². The zero-order valence-electron chi connectivity index (χ0n) is 13.7. The Morgan fingerprint density at radius 2 is 2.21 bits per heavy atom. The number of thioether (sulfide) groups is 1. The number of ether oxygens (including phenoxy) is 1. The van der Waals surface area contributed by atoms with Crippen molar-refractivity contribution in [1.29, 1.82) is 0 Å². The van der Waals surface area contributed by atoms with Gasteiger partial charge in [0.25, 0.3) is 5.78 Å². The smallest absolute Gasteiger partial charge is 0.253 e. The number of rotatable bonds is 3. The molecule has 0 radical (unpaired) electrons. The molecule has 2 atom stereocenters. The molecule has 3 aromatic heterocycles. The van der Waals surface area contributed by atoms with E-state index in [1.54, 1.807) is 18.0 Å². The molecule has 0 bridgehead atoms. The van der Waals surface area contributed by atoms with Crippen LogP contribution in [0.1, 0.15) is 35.9 Å². The molecule has 1 fully saturated rings. The monoisotopic (exact) mass is 341 g/mol. The average Bonchev–Trinajstić information content (AvgIpc) is 2.98. The lowest BCUT2D eigenvalue weighted by Crippen LogP contribution is -2.21. The lowest BCUT2D eigenvalue weighted by Gasteiger charge is -2.28. The van der Waals surface area contributed by atoms with Crippen LogP contribution in [0.2, 0.25) is 0 Å². The van der Waals surface area contributed by atoms with E-state index >= 15 is 0 Å². The fraction of sp³-hybridized carbons (Fsp3) is 0.412. The minimum Gasteiger partial charge on any atom is -0.373 e. The second-order valence-electron chi connectivity index (χ2n) is 6.06. The SMILES string of the molecule is Cc1cc(C)n2nc(S[C@@H]3CCO[C@@H](c4cccnc4)C3)nc2n1. The van der Waals surface area contributed by atoms with Gasteiger partial charge >= 0.3 is 0 Å². The van der Waals surface area contributed by atoms with E-state index in [-0.39, 0.29) is 6.10 Å².